The predicted octanol–water partition coefficient (Wildman–Crippen LogP) is 3.43. The van der Waals surface area contributed by atoms with Crippen LogP contribution in [0.5, 0.6) is 0 Å². The Morgan fingerprint density at radius 1 is 1.40 bits per heavy atom. The second-order valence-electron chi connectivity index (χ2n) is 6.26. The summed E-state index contributed by atoms with van der Waals surface area (Å²) in [4.78, 5) is 14.0. The Morgan fingerprint density at radius 3 is 2.70 bits per heavy atom. The predicted molar refractivity (Wildman–Crippen MR) is 79.0 cm³/mol. The first kappa shape index (κ1) is 14.9. The normalized spacial score (nSPS) is 16.6. The monoisotopic (exact) mass is 277 g/mol. The number of hydrogen-bond donors (Lipinski definition) is 1. The van der Waals surface area contributed by atoms with Gasteiger partial charge in [0.2, 0.25) is 0 Å². The molecule has 0 radical (unpaired) electrons. The van der Waals surface area contributed by atoms with Crippen molar-refractivity contribution in [3.05, 3.63) is 29.3 Å². The number of nitrogens with zero attached hydrogens (tertiary/aromatic N) is 1. The largest absolute Gasteiger partial charge is 0.443 e. The highest BCUT2D eigenvalue weighted by atomic mass is 16.6. The molecule has 0 saturated carbocycles. The van der Waals surface area contributed by atoms with Gasteiger partial charge in [0.25, 0.3) is 0 Å². The molecule has 1 aliphatic heterocycles. The van der Waals surface area contributed by atoms with E-state index in [1.54, 1.807) is 11.8 Å². The molecule has 0 fully saturated rings. The molecule has 1 amide bonds. The summed E-state index contributed by atoms with van der Waals surface area (Å²) in [6.07, 6.45) is 0.927. The van der Waals surface area contributed by atoms with Gasteiger partial charge < -0.3 is 9.84 Å². The summed E-state index contributed by atoms with van der Waals surface area (Å²) in [7, 11) is 0. The lowest BCUT2D eigenvalue weighted by molar-refractivity contribution is 0.0577. The van der Waals surface area contributed by atoms with Crippen LogP contribution in [0.25, 0.3) is 0 Å². The highest BCUT2D eigenvalue weighted by Crippen LogP contribution is 2.33. The van der Waals surface area contributed by atoms with Crippen LogP contribution in [0.3, 0.4) is 0 Å². The van der Waals surface area contributed by atoms with E-state index in [1.165, 1.54) is 0 Å². The number of ether oxygens (including phenoxy) is 1. The third kappa shape index (κ3) is 3.12. The molecule has 0 saturated heterocycles. The molecule has 20 heavy (non-hydrogen) atoms. The molecule has 0 bridgehead atoms. The Morgan fingerprint density at radius 2 is 2.10 bits per heavy atom. The van der Waals surface area contributed by atoms with Crippen molar-refractivity contribution >= 4 is 11.8 Å². The van der Waals surface area contributed by atoms with Crippen LogP contribution < -0.4 is 4.90 Å². The fourth-order valence-electron chi connectivity index (χ4n) is 2.55. The first-order chi connectivity index (χ1) is 9.29. The highest BCUT2D eigenvalue weighted by Gasteiger charge is 2.28. The Labute approximate surface area is 120 Å². The smallest absolute Gasteiger partial charge is 0.414 e. The van der Waals surface area contributed by atoms with Crippen LogP contribution in [0.1, 0.15) is 51.3 Å². The van der Waals surface area contributed by atoms with Gasteiger partial charge in [0, 0.05) is 6.54 Å². The number of fused-ring (bicyclic) bond motifs is 1. The van der Waals surface area contributed by atoms with E-state index in [0.717, 1.165) is 29.7 Å². The number of aliphatic hydroxyl groups excluding tert-OH is 1. The highest BCUT2D eigenvalue weighted by molar-refractivity contribution is 5.89. The molecule has 1 aliphatic rings. The molecule has 110 valence electrons. The molecular weight excluding hydrogens is 254 g/mol. The van der Waals surface area contributed by atoms with E-state index in [4.69, 9.17) is 4.74 Å². The van der Waals surface area contributed by atoms with E-state index in [-0.39, 0.29) is 6.09 Å². The van der Waals surface area contributed by atoms with Crippen molar-refractivity contribution in [1.82, 2.24) is 0 Å². The van der Waals surface area contributed by atoms with Crippen molar-refractivity contribution in [2.24, 2.45) is 0 Å². The Bertz CT molecular complexity index is 503. The molecule has 1 aromatic carbocycles. The lowest BCUT2D eigenvalue weighted by atomic mass is 9.94. The van der Waals surface area contributed by atoms with Crippen LogP contribution in [0.4, 0.5) is 10.5 Å². The SMILES string of the molecule is C[C@H](O)c1cccc2c1CCCN2C(=O)OC(C)(C)C. The van der Waals surface area contributed by atoms with E-state index in [1.807, 2.05) is 39.0 Å². The molecule has 1 atom stereocenters. The standard InChI is InChI=1S/C16H23NO3/c1-11(18)12-7-5-9-14-13(12)8-6-10-17(14)15(19)20-16(2,3)4/h5,7,9,11,18H,6,8,10H2,1-4H3/t11-/m0/s1. The van der Waals surface area contributed by atoms with Gasteiger partial charge in [-0.05, 0) is 57.7 Å². The van der Waals surface area contributed by atoms with Gasteiger partial charge in [-0.3, -0.25) is 4.90 Å². The Balaban J connectivity index is 2.34. The molecule has 1 heterocycles. The van der Waals surface area contributed by atoms with Crippen LogP contribution in [-0.2, 0) is 11.2 Å². The molecular formula is C16H23NO3. The average molecular weight is 277 g/mol. The van der Waals surface area contributed by atoms with Crippen LogP contribution in [0.2, 0.25) is 0 Å². The summed E-state index contributed by atoms with van der Waals surface area (Å²) >= 11 is 0. The van der Waals surface area contributed by atoms with Crippen molar-refractivity contribution in [2.75, 3.05) is 11.4 Å². The molecule has 0 spiro atoms. The summed E-state index contributed by atoms with van der Waals surface area (Å²) in [5.41, 5.74) is 2.32. The maximum absolute atomic E-state index is 12.3. The number of rotatable bonds is 1. The number of anilines is 1. The zero-order chi connectivity index (χ0) is 14.9. The fourth-order valence-corrected chi connectivity index (χ4v) is 2.55. The van der Waals surface area contributed by atoms with Gasteiger partial charge in [0.05, 0.1) is 11.8 Å². The quantitative estimate of drug-likeness (QED) is 0.855. The van der Waals surface area contributed by atoms with Gasteiger partial charge in [0.15, 0.2) is 0 Å². The fraction of sp³-hybridized carbons (Fsp3) is 0.562. The second-order valence-corrected chi connectivity index (χ2v) is 6.26. The average Bonchev–Trinajstić information content (AvgIpc) is 2.35. The van der Waals surface area contributed by atoms with Crippen LogP contribution in [0.15, 0.2) is 18.2 Å². The van der Waals surface area contributed by atoms with E-state index in [2.05, 4.69) is 0 Å². The first-order valence-electron chi connectivity index (χ1n) is 7.10. The molecule has 4 nitrogen and oxygen atoms in total. The number of carbonyl (C=O) groups excluding carboxylic acids is 1. The molecule has 0 aromatic heterocycles. The topological polar surface area (TPSA) is 49.8 Å². The summed E-state index contributed by atoms with van der Waals surface area (Å²) in [5, 5.41) is 9.86. The zero-order valence-corrected chi connectivity index (χ0v) is 12.6. The number of aliphatic hydroxyl groups is 1. The number of hydrogen-bond acceptors (Lipinski definition) is 3. The summed E-state index contributed by atoms with van der Waals surface area (Å²) in [6, 6.07) is 5.72. The Kier molecular flexibility index (Phi) is 4.04. The number of carbonyl (C=O) groups is 1. The maximum Gasteiger partial charge on any atom is 0.414 e. The van der Waals surface area contributed by atoms with E-state index < -0.39 is 11.7 Å². The van der Waals surface area contributed by atoms with Gasteiger partial charge in [-0.1, -0.05) is 12.1 Å². The zero-order valence-electron chi connectivity index (χ0n) is 12.6. The first-order valence-corrected chi connectivity index (χ1v) is 7.10. The summed E-state index contributed by atoms with van der Waals surface area (Å²) in [6.45, 7) is 8.00. The molecule has 0 aliphatic carbocycles. The molecule has 2 rings (SSSR count). The lowest BCUT2D eigenvalue weighted by Crippen LogP contribution is -2.40. The molecule has 4 heteroatoms. The molecule has 1 aromatic rings. The van der Waals surface area contributed by atoms with Crippen molar-refractivity contribution in [3.63, 3.8) is 0 Å². The minimum Gasteiger partial charge on any atom is -0.443 e. The van der Waals surface area contributed by atoms with Crippen molar-refractivity contribution in [1.29, 1.82) is 0 Å². The number of amides is 1. The minimum atomic E-state index is -0.525. The number of benzene rings is 1. The van der Waals surface area contributed by atoms with Crippen molar-refractivity contribution in [2.45, 2.75) is 52.2 Å². The maximum atomic E-state index is 12.3. The van der Waals surface area contributed by atoms with Crippen LogP contribution >= 0.6 is 0 Å². The third-order valence-electron chi connectivity index (χ3n) is 3.35. The van der Waals surface area contributed by atoms with E-state index >= 15 is 0 Å². The molecule has 1 N–H and O–H groups in total. The van der Waals surface area contributed by atoms with Gasteiger partial charge in [-0.15, -0.1) is 0 Å². The molecule has 0 unspecified atom stereocenters. The lowest BCUT2D eigenvalue weighted by Gasteiger charge is -2.33. The van der Waals surface area contributed by atoms with Gasteiger partial charge in [-0.25, -0.2) is 4.79 Å². The van der Waals surface area contributed by atoms with Gasteiger partial charge in [-0.2, -0.15) is 0 Å². The van der Waals surface area contributed by atoms with Crippen LogP contribution in [-0.4, -0.2) is 23.3 Å². The van der Waals surface area contributed by atoms with Crippen LogP contribution in [0, 0.1) is 0 Å². The second kappa shape index (κ2) is 5.44. The van der Waals surface area contributed by atoms with Crippen molar-refractivity contribution < 1.29 is 14.6 Å². The summed E-state index contributed by atoms with van der Waals surface area (Å²) < 4.78 is 5.46. The minimum absolute atomic E-state index is 0.318. The van der Waals surface area contributed by atoms with Gasteiger partial charge in [0.1, 0.15) is 5.60 Å². The summed E-state index contributed by atoms with van der Waals surface area (Å²) in [5.74, 6) is 0. The van der Waals surface area contributed by atoms with Crippen molar-refractivity contribution in [3.8, 4) is 0 Å². The van der Waals surface area contributed by atoms with E-state index in [9.17, 15) is 9.90 Å². The third-order valence-corrected chi connectivity index (χ3v) is 3.35. The van der Waals surface area contributed by atoms with E-state index in [0.29, 0.717) is 6.54 Å². The Hall–Kier alpha value is -1.55. The van der Waals surface area contributed by atoms with Gasteiger partial charge >= 0.3 is 6.09 Å².